The second kappa shape index (κ2) is 5.69. The SMILES string of the molecule is CNCc1sc2ccccc2c1CN1CC2CCC(C1)O2. The van der Waals surface area contributed by atoms with Gasteiger partial charge in [0.05, 0.1) is 12.2 Å². The molecular weight excluding hydrogens is 280 g/mol. The summed E-state index contributed by atoms with van der Waals surface area (Å²) in [6.07, 6.45) is 3.44. The van der Waals surface area contributed by atoms with Gasteiger partial charge in [-0.15, -0.1) is 11.3 Å². The molecule has 1 aromatic carbocycles. The maximum atomic E-state index is 5.96. The maximum Gasteiger partial charge on any atom is 0.0707 e. The zero-order chi connectivity index (χ0) is 14.2. The molecule has 2 bridgehead atoms. The van der Waals surface area contributed by atoms with E-state index in [4.69, 9.17) is 4.74 Å². The number of nitrogens with zero attached hydrogens (tertiary/aromatic N) is 1. The second-order valence-electron chi connectivity index (χ2n) is 6.18. The minimum atomic E-state index is 0.474. The van der Waals surface area contributed by atoms with Crippen LogP contribution in [0.5, 0.6) is 0 Å². The Morgan fingerprint density at radius 1 is 1.24 bits per heavy atom. The van der Waals surface area contributed by atoms with E-state index in [1.807, 2.05) is 18.4 Å². The molecule has 0 radical (unpaired) electrons. The Labute approximate surface area is 129 Å². The van der Waals surface area contributed by atoms with Crippen molar-refractivity contribution in [2.45, 2.75) is 38.1 Å². The van der Waals surface area contributed by atoms with Crippen LogP contribution < -0.4 is 5.32 Å². The van der Waals surface area contributed by atoms with Gasteiger partial charge < -0.3 is 10.1 Å². The highest BCUT2D eigenvalue weighted by Gasteiger charge is 2.34. The van der Waals surface area contributed by atoms with Crippen molar-refractivity contribution >= 4 is 21.4 Å². The molecule has 0 amide bonds. The Kier molecular flexibility index (Phi) is 3.71. The number of rotatable bonds is 4. The zero-order valence-corrected chi connectivity index (χ0v) is 13.3. The van der Waals surface area contributed by atoms with Crippen LogP contribution in [-0.4, -0.2) is 37.2 Å². The number of hydrogen-bond acceptors (Lipinski definition) is 4. The fourth-order valence-electron chi connectivity index (χ4n) is 3.68. The van der Waals surface area contributed by atoms with Crippen molar-refractivity contribution < 1.29 is 4.74 Å². The smallest absolute Gasteiger partial charge is 0.0707 e. The molecule has 3 nitrogen and oxygen atoms in total. The Morgan fingerprint density at radius 2 is 2.00 bits per heavy atom. The fraction of sp³-hybridized carbons (Fsp3) is 0.529. The van der Waals surface area contributed by atoms with Crippen molar-refractivity contribution in [3.05, 3.63) is 34.7 Å². The number of morpholine rings is 1. The molecule has 1 N–H and O–H groups in total. The molecule has 0 aliphatic carbocycles. The van der Waals surface area contributed by atoms with Crippen LogP contribution in [0.15, 0.2) is 24.3 Å². The third kappa shape index (κ3) is 2.61. The second-order valence-corrected chi connectivity index (χ2v) is 7.32. The van der Waals surface area contributed by atoms with Gasteiger partial charge in [-0.05, 0) is 36.9 Å². The van der Waals surface area contributed by atoms with E-state index in [1.54, 1.807) is 0 Å². The molecular formula is C17H22N2OS. The molecule has 2 aliphatic heterocycles. The first-order chi connectivity index (χ1) is 10.3. The van der Waals surface area contributed by atoms with Crippen molar-refractivity contribution in [1.82, 2.24) is 10.2 Å². The number of fused-ring (bicyclic) bond motifs is 3. The third-order valence-corrected chi connectivity index (χ3v) is 5.83. The predicted octanol–water partition coefficient (Wildman–Crippen LogP) is 2.98. The van der Waals surface area contributed by atoms with Crippen LogP contribution in [0.2, 0.25) is 0 Å². The molecule has 4 heteroatoms. The van der Waals surface area contributed by atoms with Crippen LogP contribution in [-0.2, 0) is 17.8 Å². The van der Waals surface area contributed by atoms with Gasteiger partial charge >= 0.3 is 0 Å². The van der Waals surface area contributed by atoms with Gasteiger partial charge in [0.1, 0.15) is 0 Å². The highest BCUT2D eigenvalue weighted by atomic mass is 32.1. The molecule has 2 aromatic rings. The van der Waals surface area contributed by atoms with E-state index >= 15 is 0 Å². The van der Waals surface area contributed by atoms with Gasteiger partial charge in [-0.2, -0.15) is 0 Å². The lowest BCUT2D eigenvalue weighted by molar-refractivity contribution is -0.0409. The Balaban J connectivity index is 1.63. The van der Waals surface area contributed by atoms with Gasteiger partial charge in [-0.3, -0.25) is 4.90 Å². The van der Waals surface area contributed by atoms with Crippen molar-refractivity contribution in [1.29, 1.82) is 0 Å². The summed E-state index contributed by atoms with van der Waals surface area (Å²) in [6.45, 7) is 4.22. The van der Waals surface area contributed by atoms with Gasteiger partial charge in [0.2, 0.25) is 0 Å². The third-order valence-electron chi connectivity index (χ3n) is 4.62. The van der Waals surface area contributed by atoms with Crippen molar-refractivity contribution in [2.75, 3.05) is 20.1 Å². The summed E-state index contributed by atoms with van der Waals surface area (Å²) < 4.78 is 7.37. The lowest BCUT2D eigenvalue weighted by Gasteiger charge is -2.32. The van der Waals surface area contributed by atoms with Gasteiger partial charge in [0, 0.05) is 35.8 Å². The molecule has 2 saturated heterocycles. The number of ether oxygens (including phenoxy) is 1. The van der Waals surface area contributed by atoms with Crippen LogP contribution in [0.4, 0.5) is 0 Å². The molecule has 112 valence electrons. The van der Waals surface area contributed by atoms with Gasteiger partial charge in [0.25, 0.3) is 0 Å². The average molecular weight is 302 g/mol. The molecule has 2 aliphatic rings. The molecule has 0 spiro atoms. The Bertz CT molecular complexity index is 627. The minimum absolute atomic E-state index is 0.474. The quantitative estimate of drug-likeness (QED) is 0.939. The summed E-state index contributed by atoms with van der Waals surface area (Å²) in [5.74, 6) is 0. The van der Waals surface area contributed by atoms with Crippen LogP contribution in [0, 0.1) is 0 Å². The normalized spacial score (nSPS) is 25.8. The van der Waals surface area contributed by atoms with E-state index in [0.29, 0.717) is 12.2 Å². The van der Waals surface area contributed by atoms with E-state index in [2.05, 4.69) is 34.5 Å². The average Bonchev–Trinajstić information content (AvgIpc) is 3.01. The van der Waals surface area contributed by atoms with Gasteiger partial charge in [-0.1, -0.05) is 18.2 Å². The fourth-order valence-corrected chi connectivity index (χ4v) is 4.91. The largest absolute Gasteiger partial charge is 0.372 e. The van der Waals surface area contributed by atoms with Gasteiger partial charge in [0.15, 0.2) is 0 Å². The zero-order valence-electron chi connectivity index (χ0n) is 12.5. The molecule has 4 rings (SSSR count). The van der Waals surface area contributed by atoms with Gasteiger partial charge in [-0.25, -0.2) is 0 Å². The number of hydrogen-bond donors (Lipinski definition) is 1. The lowest BCUT2D eigenvalue weighted by atomic mass is 10.1. The van der Waals surface area contributed by atoms with Crippen LogP contribution in [0.25, 0.3) is 10.1 Å². The maximum absolute atomic E-state index is 5.96. The highest BCUT2D eigenvalue weighted by molar-refractivity contribution is 7.19. The van der Waals surface area contributed by atoms with E-state index in [1.165, 1.54) is 33.4 Å². The minimum Gasteiger partial charge on any atom is -0.372 e. The molecule has 2 fully saturated rings. The van der Waals surface area contributed by atoms with E-state index in [9.17, 15) is 0 Å². The molecule has 2 atom stereocenters. The Morgan fingerprint density at radius 3 is 2.76 bits per heavy atom. The highest BCUT2D eigenvalue weighted by Crippen LogP contribution is 2.34. The number of likely N-dealkylation sites (tertiary alicyclic amines) is 1. The number of benzene rings is 1. The van der Waals surface area contributed by atoms with Crippen LogP contribution in [0.3, 0.4) is 0 Å². The predicted molar refractivity (Wildman–Crippen MR) is 87.8 cm³/mol. The molecule has 3 heterocycles. The molecule has 2 unspecified atom stereocenters. The monoisotopic (exact) mass is 302 g/mol. The van der Waals surface area contributed by atoms with Crippen LogP contribution >= 0.6 is 11.3 Å². The van der Waals surface area contributed by atoms with Crippen molar-refractivity contribution in [3.8, 4) is 0 Å². The summed E-state index contributed by atoms with van der Waals surface area (Å²) in [7, 11) is 2.03. The summed E-state index contributed by atoms with van der Waals surface area (Å²) >= 11 is 1.93. The number of thiophene rings is 1. The topological polar surface area (TPSA) is 24.5 Å². The first-order valence-corrected chi connectivity index (χ1v) is 8.67. The first kappa shape index (κ1) is 13.7. The summed E-state index contributed by atoms with van der Waals surface area (Å²) in [6, 6.07) is 8.81. The van der Waals surface area contributed by atoms with E-state index in [0.717, 1.165) is 26.2 Å². The standard InChI is InChI=1S/C17H22N2OS/c1-18-8-17-15(14-4-2-3-5-16(14)21-17)11-19-9-12-6-7-13(10-19)20-12/h2-5,12-13,18H,6-11H2,1H3. The van der Waals surface area contributed by atoms with Crippen molar-refractivity contribution in [2.24, 2.45) is 0 Å². The van der Waals surface area contributed by atoms with Crippen LogP contribution in [0.1, 0.15) is 23.3 Å². The van der Waals surface area contributed by atoms with E-state index < -0.39 is 0 Å². The van der Waals surface area contributed by atoms with Crippen molar-refractivity contribution in [3.63, 3.8) is 0 Å². The summed E-state index contributed by atoms with van der Waals surface area (Å²) in [5.41, 5.74) is 1.52. The molecule has 0 saturated carbocycles. The first-order valence-electron chi connectivity index (χ1n) is 7.85. The Hall–Kier alpha value is -0.940. The molecule has 1 aromatic heterocycles. The summed E-state index contributed by atoms with van der Waals surface area (Å²) in [5, 5.41) is 4.76. The van der Waals surface area contributed by atoms with E-state index in [-0.39, 0.29) is 0 Å². The lowest BCUT2D eigenvalue weighted by Crippen LogP contribution is -2.42. The molecule has 21 heavy (non-hydrogen) atoms. The number of nitrogens with one attached hydrogen (secondary N) is 1. The summed E-state index contributed by atoms with van der Waals surface area (Å²) in [4.78, 5) is 4.08.